The van der Waals surface area contributed by atoms with E-state index in [0.717, 1.165) is 19.4 Å². The summed E-state index contributed by atoms with van der Waals surface area (Å²) in [4.78, 5) is 29.0. The number of amides is 2. The predicted octanol–water partition coefficient (Wildman–Crippen LogP) is 2.33. The molecule has 0 aromatic heterocycles. The van der Waals surface area contributed by atoms with Gasteiger partial charge in [-0.2, -0.15) is 0 Å². The molecular weight excluding hydrogens is 314 g/mol. The van der Waals surface area contributed by atoms with Crippen molar-refractivity contribution >= 4 is 11.8 Å². The maximum atomic E-state index is 12.7. The summed E-state index contributed by atoms with van der Waals surface area (Å²) in [7, 11) is 1.85. The van der Waals surface area contributed by atoms with Crippen molar-refractivity contribution < 1.29 is 9.59 Å². The summed E-state index contributed by atoms with van der Waals surface area (Å²) in [6.07, 6.45) is 2.11. The monoisotopic (exact) mass is 345 g/mol. The van der Waals surface area contributed by atoms with Crippen LogP contribution >= 0.6 is 0 Å². The zero-order valence-electron chi connectivity index (χ0n) is 15.9. The highest BCUT2D eigenvalue weighted by Gasteiger charge is 2.33. The normalized spacial score (nSPS) is 18.3. The number of hydrogen-bond acceptors (Lipinski definition) is 3. The van der Waals surface area contributed by atoms with Gasteiger partial charge in [0.25, 0.3) is 0 Å². The number of piperazine rings is 1. The van der Waals surface area contributed by atoms with Gasteiger partial charge in [0.2, 0.25) is 11.8 Å². The smallest absolute Gasteiger partial charge is 0.237 e. The van der Waals surface area contributed by atoms with Gasteiger partial charge in [0.05, 0.1) is 12.5 Å². The molecular formula is C20H31N3O2. The van der Waals surface area contributed by atoms with Gasteiger partial charge in [-0.25, -0.2) is 0 Å². The lowest BCUT2D eigenvalue weighted by atomic mass is 10.0. The van der Waals surface area contributed by atoms with E-state index in [1.165, 1.54) is 11.1 Å². The van der Waals surface area contributed by atoms with E-state index in [4.69, 9.17) is 0 Å². The molecule has 5 nitrogen and oxygen atoms in total. The van der Waals surface area contributed by atoms with Crippen molar-refractivity contribution in [1.82, 2.24) is 15.1 Å². The van der Waals surface area contributed by atoms with Crippen LogP contribution in [0, 0.1) is 6.92 Å². The number of benzene rings is 1. The SMILES string of the molecule is CCC(CC)N(C)C(=O)C[C@@H]1C(=O)NCCN1Cc1ccc(C)cc1. The van der Waals surface area contributed by atoms with Crippen molar-refractivity contribution in [2.75, 3.05) is 20.1 Å². The Morgan fingerprint density at radius 3 is 2.52 bits per heavy atom. The van der Waals surface area contributed by atoms with Gasteiger partial charge in [-0.05, 0) is 25.3 Å². The number of carbonyl (C=O) groups is 2. The predicted molar refractivity (Wildman–Crippen MR) is 100 cm³/mol. The zero-order chi connectivity index (χ0) is 18.4. The van der Waals surface area contributed by atoms with Crippen molar-refractivity contribution in [3.05, 3.63) is 35.4 Å². The summed E-state index contributed by atoms with van der Waals surface area (Å²) < 4.78 is 0. The van der Waals surface area contributed by atoms with E-state index in [2.05, 4.69) is 55.3 Å². The molecule has 0 unspecified atom stereocenters. The highest BCUT2D eigenvalue weighted by molar-refractivity contribution is 5.88. The molecule has 5 heteroatoms. The number of nitrogens with zero attached hydrogens (tertiary/aromatic N) is 2. The molecule has 1 aliphatic heterocycles. The largest absolute Gasteiger partial charge is 0.353 e. The molecule has 1 aromatic rings. The summed E-state index contributed by atoms with van der Waals surface area (Å²) in [6.45, 7) is 8.35. The third-order valence-electron chi connectivity index (χ3n) is 5.20. The Morgan fingerprint density at radius 1 is 1.28 bits per heavy atom. The molecule has 1 atom stereocenters. The first-order valence-electron chi connectivity index (χ1n) is 9.29. The Morgan fingerprint density at radius 2 is 1.92 bits per heavy atom. The summed E-state index contributed by atoms with van der Waals surface area (Å²) in [5.41, 5.74) is 2.39. The number of carbonyl (C=O) groups excluding carboxylic acids is 2. The van der Waals surface area contributed by atoms with Crippen molar-refractivity contribution in [3.63, 3.8) is 0 Å². The number of nitrogens with one attached hydrogen (secondary N) is 1. The first-order valence-corrected chi connectivity index (χ1v) is 9.29. The lowest BCUT2D eigenvalue weighted by Gasteiger charge is -2.36. The highest BCUT2D eigenvalue weighted by atomic mass is 16.2. The minimum Gasteiger partial charge on any atom is -0.353 e. The third-order valence-corrected chi connectivity index (χ3v) is 5.20. The fourth-order valence-corrected chi connectivity index (χ4v) is 3.45. The van der Waals surface area contributed by atoms with Gasteiger partial charge in [-0.3, -0.25) is 14.5 Å². The quantitative estimate of drug-likeness (QED) is 0.825. The van der Waals surface area contributed by atoms with Gasteiger partial charge in [-0.1, -0.05) is 43.7 Å². The van der Waals surface area contributed by atoms with E-state index in [9.17, 15) is 9.59 Å². The molecule has 2 amide bonds. The van der Waals surface area contributed by atoms with Crippen LogP contribution in [0.25, 0.3) is 0 Å². The van der Waals surface area contributed by atoms with Crippen LogP contribution in [0.4, 0.5) is 0 Å². The molecule has 1 aromatic carbocycles. The first-order chi connectivity index (χ1) is 12.0. The fourth-order valence-electron chi connectivity index (χ4n) is 3.45. The lowest BCUT2D eigenvalue weighted by Crippen LogP contribution is -2.56. The number of aryl methyl sites for hydroxylation is 1. The van der Waals surface area contributed by atoms with Gasteiger partial charge in [0.15, 0.2) is 0 Å². The fraction of sp³-hybridized carbons (Fsp3) is 0.600. The van der Waals surface area contributed by atoms with Crippen molar-refractivity contribution in [1.29, 1.82) is 0 Å². The van der Waals surface area contributed by atoms with Crippen LogP contribution < -0.4 is 5.32 Å². The van der Waals surface area contributed by atoms with E-state index in [1.807, 2.05) is 11.9 Å². The molecule has 1 heterocycles. The molecule has 0 radical (unpaired) electrons. The van der Waals surface area contributed by atoms with Gasteiger partial charge < -0.3 is 10.2 Å². The second-order valence-electron chi connectivity index (χ2n) is 6.94. The first kappa shape index (κ1) is 19.4. The third kappa shape index (κ3) is 5.05. The molecule has 0 spiro atoms. The van der Waals surface area contributed by atoms with Crippen molar-refractivity contribution in [2.45, 2.75) is 58.7 Å². The molecule has 1 aliphatic rings. The van der Waals surface area contributed by atoms with Crippen LogP contribution in [0.3, 0.4) is 0 Å². The maximum absolute atomic E-state index is 12.7. The summed E-state index contributed by atoms with van der Waals surface area (Å²) in [6, 6.07) is 8.21. The van der Waals surface area contributed by atoms with Crippen molar-refractivity contribution in [3.8, 4) is 0 Å². The maximum Gasteiger partial charge on any atom is 0.237 e. The minimum absolute atomic E-state index is 0.0374. The number of hydrogen-bond donors (Lipinski definition) is 1. The van der Waals surface area contributed by atoms with E-state index >= 15 is 0 Å². The summed E-state index contributed by atoms with van der Waals surface area (Å²) in [5.74, 6) is 0.00862. The second-order valence-corrected chi connectivity index (χ2v) is 6.94. The molecule has 138 valence electrons. The highest BCUT2D eigenvalue weighted by Crippen LogP contribution is 2.17. The van der Waals surface area contributed by atoms with Crippen molar-refractivity contribution in [2.24, 2.45) is 0 Å². The zero-order valence-corrected chi connectivity index (χ0v) is 15.9. The standard InChI is InChI=1S/C20H31N3O2/c1-5-17(6-2)22(4)19(24)13-18-20(25)21-11-12-23(18)14-16-9-7-15(3)8-10-16/h7-10,17-18H,5-6,11-14H2,1-4H3,(H,21,25)/t18-/m1/s1. The van der Waals surface area contributed by atoms with Gasteiger partial charge in [-0.15, -0.1) is 0 Å². The molecule has 25 heavy (non-hydrogen) atoms. The molecule has 1 saturated heterocycles. The van der Waals surface area contributed by atoms with E-state index in [1.54, 1.807) is 0 Å². The van der Waals surface area contributed by atoms with Crippen LogP contribution in [0.1, 0.15) is 44.2 Å². The van der Waals surface area contributed by atoms with Gasteiger partial charge in [0.1, 0.15) is 0 Å². The van der Waals surface area contributed by atoms with Crippen LogP contribution in [0.15, 0.2) is 24.3 Å². The Labute approximate surface area is 151 Å². The van der Waals surface area contributed by atoms with E-state index < -0.39 is 0 Å². The van der Waals surface area contributed by atoms with Crippen LogP contribution in [0.5, 0.6) is 0 Å². The molecule has 0 saturated carbocycles. The van der Waals surface area contributed by atoms with Gasteiger partial charge in [0, 0.05) is 32.7 Å². The Kier molecular flexibility index (Phi) is 7.00. The average molecular weight is 345 g/mol. The Hall–Kier alpha value is -1.88. The van der Waals surface area contributed by atoms with Crippen LogP contribution in [0.2, 0.25) is 0 Å². The summed E-state index contributed by atoms with van der Waals surface area (Å²) in [5, 5.41) is 2.91. The molecule has 0 bridgehead atoms. The Bertz CT molecular complexity index is 581. The minimum atomic E-state index is -0.389. The van der Waals surface area contributed by atoms with E-state index in [0.29, 0.717) is 13.1 Å². The topological polar surface area (TPSA) is 52.7 Å². The average Bonchev–Trinajstić information content (AvgIpc) is 2.60. The molecule has 1 fully saturated rings. The molecule has 1 N–H and O–H groups in total. The molecule has 2 rings (SSSR count). The van der Waals surface area contributed by atoms with E-state index in [-0.39, 0.29) is 30.3 Å². The number of rotatable bonds is 7. The van der Waals surface area contributed by atoms with Crippen LogP contribution in [-0.2, 0) is 16.1 Å². The lowest BCUT2D eigenvalue weighted by molar-refractivity contribution is -0.139. The Balaban J connectivity index is 2.07. The molecule has 0 aliphatic carbocycles. The summed E-state index contributed by atoms with van der Waals surface area (Å²) >= 11 is 0. The van der Waals surface area contributed by atoms with Crippen LogP contribution in [-0.4, -0.2) is 53.8 Å². The van der Waals surface area contributed by atoms with Gasteiger partial charge >= 0.3 is 0 Å². The second kappa shape index (κ2) is 8.99.